The van der Waals surface area contributed by atoms with E-state index in [1.165, 1.54) is 0 Å². The van der Waals surface area contributed by atoms with E-state index in [0.29, 0.717) is 33.9 Å². The third kappa shape index (κ3) is 7.26. The van der Waals surface area contributed by atoms with Crippen molar-refractivity contribution in [3.8, 4) is 5.75 Å². The first kappa shape index (κ1) is 38.3. The number of carbonyl (C=O) groups is 4. The van der Waals surface area contributed by atoms with Crippen molar-refractivity contribution < 1.29 is 23.9 Å². The van der Waals surface area contributed by atoms with E-state index in [1.54, 1.807) is 12.1 Å². The average Bonchev–Trinajstić information content (AvgIpc) is 3.69. The zero-order valence-electron chi connectivity index (χ0n) is 32.9. The van der Waals surface area contributed by atoms with E-state index < -0.39 is 23.8 Å². The molecule has 0 bridgehead atoms. The van der Waals surface area contributed by atoms with E-state index in [2.05, 4.69) is 48.8 Å². The summed E-state index contributed by atoms with van der Waals surface area (Å²) < 4.78 is 6.44. The largest absolute Gasteiger partial charge is 0.489 e. The number of hydrogen-bond acceptors (Lipinski definition) is 10. The molecule has 2 atom stereocenters. The highest BCUT2D eigenvalue weighted by molar-refractivity contribution is 6.33. The van der Waals surface area contributed by atoms with Crippen LogP contribution in [0.25, 0.3) is 4.85 Å². The molecule has 6 aliphatic rings. The molecule has 0 saturated carbocycles. The zero-order valence-corrected chi connectivity index (χ0v) is 33.6. The van der Waals surface area contributed by atoms with Crippen LogP contribution in [0.4, 0.5) is 22.9 Å². The second-order valence-electron chi connectivity index (χ2n) is 17.0. The monoisotopic (exact) mass is 804 g/mol. The maximum Gasteiger partial charge on any atom is 0.262 e. The van der Waals surface area contributed by atoms with Crippen LogP contribution in [0.1, 0.15) is 85.4 Å². The van der Waals surface area contributed by atoms with E-state index in [4.69, 9.17) is 27.9 Å². The summed E-state index contributed by atoms with van der Waals surface area (Å²) in [7, 11) is 0. The molecule has 1 spiro atoms. The van der Waals surface area contributed by atoms with Gasteiger partial charge < -0.3 is 19.4 Å². The number of fused-ring (bicyclic) bond motifs is 1. The molecule has 5 fully saturated rings. The number of benzene rings is 2. The van der Waals surface area contributed by atoms with E-state index >= 15 is 0 Å². The van der Waals surface area contributed by atoms with Crippen LogP contribution in [0.15, 0.2) is 54.7 Å². The lowest BCUT2D eigenvalue weighted by molar-refractivity contribution is -0.136. The molecule has 1 aromatic heterocycles. The Balaban J connectivity index is 0.720. The fourth-order valence-corrected chi connectivity index (χ4v) is 10.5. The maximum absolute atomic E-state index is 13.4. The van der Waals surface area contributed by atoms with Crippen molar-refractivity contribution in [1.29, 1.82) is 0 Å². The molecule has 1 N–H and O–H groups in total. The van der Waals surface area contributed by atoms with Gasteiger partial charge in [-0.3, -0.25) is 34.3 Å². The molecule has 302 valence electrons. The summed E-state index contributed by atoms with van der Waals surface area (Å²) in [6, 6.07) is 15.3. The van der Waals surface area contributed by atoms with Gasteiger partial charge in [0.15, 0.2) is 0 Å². The van der Waals surface area contributed by atoms with Gasteiger partial charge in [-0.1, -0.05) is 17.7 Å². The van der Waals surface area contributed by atoms with Crippen molar-refractivity contribution >= 4 is 58.1 Å². The van der Waals surface area contributed by atoms with Crippen LogP contribution in [0.3, 0.4) is 0 Å². The molecule has 58 heavy (non-hydrogen) atoms. The third-order valence-electron chi connectivity index (χ3n) is 13.6. The Bertz CT molecular complexity index is 2150. The number of nitrogens with one attached hydrogen (secondary N) is 1. The average molecular weight is 805 g/mol. The van der Waals surface area contributed by atoms with Crippen molar-refractivity contribution in [3.63, 3.8) is 0 Å². The van der Waals surface area contributed by atoms with Crippen LogP contribution in [-0.4, -0.2) is 108 Å². The molecule has 0 radical (unpaired) electrons. The highest BCUT2D eigenvalue weighted by atomic mass is 35.5. The van der Waals surface area contributed by atoms with Gasteiger partial charge >= 0.3 is 0 Å². The molecule has 9 rings (SSSR count). The minimum Gasteiger partial charge on any atom is -0.489 e. The molecule has 0 aliphatic carbocycles. The maximum atomic E-state index is 13.4. The number of ether oxygens (including phenoxy) is 1. The lowest BCUT2D eigenvalue weighted by Gasteiger charge is -2.42. The Labute approximate surface area is 344 Å². The number of piperidine rings is 4. The zero-order chi connectivity index (χ0) is 40.1. The molecule has 6 aliphatic heterocycles. The lowest BCUT2D eigenvalue weighted by atomic mass is 9.77. The van der Waals surface area contributed by atoms with Gasteiger partial charge in [0.25, 0.3) is 11.8 Å². The Morgan fingerprint density at radius 2 is 1.59 bits per heavy atom. The normalized spacial score (nSPS) is 24.4. The predicted octanol–water partition coefficient (Wildman–Crippen LogP) is 6.08. The van der Waals surface area contributed by atoms with Crippen molar-refractivity contribution in [2.45, 2.75) is 88.9 Å². The summed E-state index contributed by atoms with van der Waals surface area (Å²) in [5, 5.41) is 2.77. The highest BCUT2D eigenvalue weighted by Crippen LogP contribution is 2.46. The molecular formula is C44H49ClN8O5. The van der Waals surface area contributed by atoms with Gasteiger partial charge in [0, 0.05) is 80.7 Å². The van der Waals surface area contributed by atoms with Crippen LogP contribution >= 0.6 is 11.6 Å². The molecule has 14 heteroatoms. The molecule has 2 aromatic carbocycles. The second kappa shape index (κ2) is 15.5. The quantitative estimate of drug-likeness (QED) is 0.222. The highest BCUT2D eigenvalue weighted by Gasteiger charge is 2.46. The smallest absolute Gasteiger partial charge is 0.262 e. The van der Waals surface area contributed by atoms with Gasteiger partial charge in [-0.15, -0.1) is 0 Å². The van der Waals surface area contributed by atoms with Gasteiger partial charge in [0.2, 0.25) is 17.5 Å². The van der Waals surface area contributed by atoms with Crippen molar-refractivity contribution in [1.82, 2.24) is 20.1 Å². The van der Waals surface area contributed by atoms with E-state index in [9.17, 15) is 19.2 Å². The molecular weight excluding hydrogens is 756 g/mol. The number of rotatable bonds is 7. The minimum absolute atomic E-state index is 0.0996. The van der Waals surface area contributed by atoms with Gasteiger partial charge in [-0.05, 0) is 106 Å². The summed E-state index contributed by atoms with van der Waals surface area (Å²) in [5.41, 5.74) is 3.41. The minimum atomic E-state index is -0.964. The summed E-state index contributed by atoms with van der Waals surface area (Å²) in [6.07, 6.45) is 9.60. The Morgan fingerprint density at radius 1 is 0.845 bits per heavy atom. The Hall–Kier alpha value is -5.19. The number of pyridine rings is 1. The number of aromatic nitrogens is 1. The van der Waals surface area contributed by atoms with Gasteiger partial charge in [-0.2, -0.15) is 0 Å². The SMILES string of the molecule is [C-]#[N+]c1ccc(N2CC3(CCN(c4ccc(OC5CCN(C6CCN(c7ccc8c(c7)C(=O)N(C7CCC(=O)NC7=O)C8=O)CC6)CC5)cn4)CC3)C[C@@H]2C)cc1Cl. The third-order valence-corrected chi connectivity index (χ3v) is 13.9. The standard InChI is InChI=1S/C44H49ClN8O5/c1-28-25-44(27-52(28)31-4-7-37(46-2)36(45)24-31)15-21-51(22-16-44)39-9-5-33(26-47-39)58-32-13-19-49(20-14-32)29-11-17-50(18-12-29)30-3-6-34-35(23-30)43(57)53(42(34)56)38-8-10-40(54)48-41(38)55/h3-7,9,23-24,26,28-29,32,38H,8,10-22,25,27H2,1H3,(H,48,54,55)/t28-,38?/m0/s1. The first-order chi connectivity index (χ1) is 28.1. The van der Waals surface area contributed by atoms with Crippen LogP contribution in [0.5, 0.6) is 5.75 Å². The van der Waals surface area contributed by atoms with E-state index in [-0.39, 0.29) is 30.3 Å². The van der Waals surface area contributed by atoms with Crippen LogP contribution in [-0.2, 0) is 9.59 Å². The number of anilines is 3. The first-order valence-electron chi connectivity index (χ1n) is 20.7. The second-order valence-corrected chi connectivity index (χ2v) is 17.4. The van der Waals surface area contributed by atoms with E-state index in [1.807, 2.05) is 30.5 Å². The van der Waals surface area contributed by atoms with Gasteiger partial charge in [-0.25, -0.2) is 9.83 Å². The number of likely N-dealkylation sites (tertiary alicyclic amines) is 1. The molecule has 13 nitrogen and oxygen atoms in total. The van der Waals surface area contributed by atoms with Crippen molar-refractivity contribution in [3.05, 3.63) is 82.3 Å². The number of halogens is 1. The Kier molecular flexibility index (Phi) is 10.3. The number of carbonyl (C=O) groups excluding carboxylic acids is 4. The summed E-state index contributed by atoms with van der Waals surface area (Å²) in [6.45, 7) is 16.2. The number of nitrogens with zero attached hydrogens (tertiary/aromatic N) is 7. The topological polar surface area (TPSA) is 123 Å². The lowest BCUT2D eigenvalue weighted by Crippen LogP contribution is -2.54. The van der Waals surface area contributed by atoms with Crippen molar-refractivity contribution in [2.24, 2.45) is 5.41 Å². The Morgan fingerprint density at radius 3 is 2.28 bits per heavy atom. The van der Waals surface area contributed by atoms with E-state index in [0.717, 1.165) is 119 Å². The number of imide groups is 2. The molecule has 7 heterocycles. The molecule has 4 amide bonds. The van der Waals surface area contributed by atoms with Crippen LogP contribution in [0.2, 0.25) is 5.02 Å². The predicted molar refractivity (Wildman–Crippen MR) is 221 cm³/mol. The molecule has 1 unspecified atom stereocenters. The van der Waals surface area contributed by atoms with Crippen LogP contribution < -0.4 is 24.8 Å². The number of hydrogen-bond donors (Lipinski definition) is 1. The molecule has 3 aromatic rings. The van der Waals surface area contributed by atoms with Crippen molar-refractivity contribution in [2.75, 3.05) is 60.5 Å². The first-order valence-corrected chi connectivity index (χ1v) is 21.1. The van der Waals surface area contributed by atoms with Gasteiger partial charge in [0.05, 0.1) is 23.9 Å². The summed E-state index contributed by atoms with van der Waals surface area (Å²) in [4.78, 5) is 69.7. The summed E-state index contributed by atoms with van der Waals surface area (Å²) >= 11 is 6.39. The fraction of sp³-hybridized carbons (Fsp3) is 0.500. The van der Waals surface area contributed by atoms with Crippen LogP contribution in [0, 0.1) is 12.0 Å². The number of amides is 4. The van der Waals surface area contributed by atoms with Gasteiger partial charge in [0.1, 0.15) is 23.7 Å². The molecule has 5 saturated heterocycles. The summed E-state index contributed by atoms with van der Waals surface area (Å²) in [5.74, 6) is -0.111. The fourth-order valence-electron chi connectivity index (χ4n) is 10.3.